The molecule has 1 aliphatic carbocycles. The van der Waals surface area contributed by atoms with Crippen LogP contribution in [0.15, 0.2) is 54.6 Å². The molecule has 0 aromatic heterocycles. The van der Waals surface area contributed by atoms with Gasteiger partial charge in [0.2, 0.25) is 0 Å². The van der Waals surface area contributed by atoms with Crippen LogP contribution in [0.4, 0.5) is 0 Å². The summed E-state index contributed by atoms with van der Waals surface area (Å²) in [5, 5.41) is 10.1. The van der Waals surface area contributed by atoms with Gasteiger partial charge in [0.15, 0.2) is 5.96 Å². The van der Waals surface area contributed by atoms with Crippen molar-refractivity contribution in [2.45, 2.75) is 32.3 Å². The average Bonchev–Trinajstić information content (AvgIpc) is 2.77. The Labute approximate surface area is 176 Å². The minimum Gasteiger partial charge on any atom is -0.457 e. The summed E-state index contributed by atoms with van der Waals surface area (Å²) in [4.78, 5) is 24.6. The molecule has 2 aromatic carbocycles. The number of carbonyl (C=O) groups excluding carboxylic acids is 2. The first-order chi connectivity index (χ1) is 14.5. The molecule has 1 fully saturated rings. The first-order valence-corrected chi connectivity index (χ1v) is 10.1. The van der Waals surface area contributed by atoms with Crippen molar-refractivity contribution in [2.75, 3.05) is 6.54 Å². The Balaban J connectivity index is 1.44. The number of rotatable bonds is 7. The van der Waals surface area contributed by atoms with E-state index in [1.807, 2.05) is 30.3 Å². The Morgan fingerprint density at radius 2 is 1.67 bits per heavy atom. The molecule has 0 radical (unpaired) electrons. The summed E-state index contributed by atoms with van der Waals surface area (Å²) in [6.07, 6.45) is 3.30. The van der Waals surface area contributed by atoms with Crippen LogP contribution in [0.3, 0.4) is 0 Å². The molecule has 0 saturated heterocycles. The Hall–Kier alpha value is -3.35. The number of nitrogens with one attached hydrogen (secondary N) is 2. The van der Waals surface area contributed by atoms with Crippen LogP contribution in [0.25, 0.3) is 0 Å². The second-order valence-electron chi connectivity index (χ2n) is 7.52. The van der Waals surface area contributed by atoms with Crippen LogP contribution in [-0.2, 0) is 16.1 Å². The van der Waals surface area contributed by atoms with Gasteiger partial charge < -0.3 is 20.5 Å². The molecule has 4 N–H and O–H groups in total. The summed E-state index contributed by atoms with van der Waals surface area (Å²) in [6, 6.07) is 15.9. The maximum atomic E-state index is 12.4. The van der Waals surface area contributed by atoms with Crippen LogP contribution >= 0.6 is 0 Å². The van der Waals surface area contributed by atoms with Crippen LogP contribution in [-0.4, -0.2) is 24.4 Å². The van der Waals surface area contributed by atoms with Crippen LogP contribution in [0.1, 0.15) is 41.6 Å². The molecule has 7 heteroatoms. The zero-order valence-corrected chi connectivity index (χ0v) is 16.8. The highest BCUT2D eigenvalue weighted by molar-refractivity contribution is 5.89. The number of hydrogen-bond donors (Lipinski definition) is 3. The monoisotopic (exact) mass is 409 g/mol. The van der Waals surface area contributed by atoms with E-state index in [0.717, 1.165) is 31.2 Å². The zero-order chi connectivity index (χ0) is 21.3. The molecule has 3 rings (SSSR count). The van der Waals surface area contributed by atoms with Gasteiger partial charge in [-0.3, -0.25) is 10.2 Å². The summed E-state index contributed by atoms with van der Waals surface area (Å²) in [5.41, 5.74) is 6.64. The number of carbonyl (C=O) groups is 2. The summed E-state index contributed by atoms with van der Waals surface area (Å²) in [7, 11) is 0. The number of nitrogens with two attached hydrogens (primary N) is 1. The highest BCUT2D eigenvalue weighted by atomic mass is 16.5. The highest BCUT2D eigenvalue weighted by Gasteiger charge is 2.27. The van der Waals surface area contributed by atoms with Gasteiger partial charge in [0.25, 0.3) is 0 Å². The van der Waals surface area contributed by atoms with E-state index in [-0.39, 0.29) is 24.5 Å². The quantitative estimate of drug-likeness (QED) is 0.280. The fourth-order valence-electron chi connectivity index (χ4n) is 3.52. The van der Waals surface area contributed by atoms with E-state index < -0.39 is 5.97 Å². The van der Waals surface area contributed by atoms with E-state index in [1.165, 1.54) is 0 Å². The van der Waals surface area contributed by atoms with Crippen molar-refractivity contribution in [2.24, 2.45) is 17.6 Å². The number of hydrogen-bond acceptors (Lipinski definition) is 5. The fraction of sp³-hybridized carbons (Fsp3) is 0.348. The zero-order valence-electron chi connectivity index (χ0n) is 16.8. The number of esters is 2. The van der Waals surface area contributed by atoms with Crippen LogP contribution in [0.2, 0.25) is 0 Å². The Morgan fingerprint density at radius 3 is 2.30 bits per heavy atom. The van der Waals surface area contributed by atoms with Gasteiger partial charge in [-0.05, 0) is 61.4 Å². The summed E-state index contributed by atoms with van der Waals surface area (Å²) < 4.78 is 10.8. The normalized spacial score (nSPS) is 18.3. The molecule has 0 amide bonds. The van der Waals surface area contributed by atoms with E-state index >= 15 is 0 Å². The van der Waals surface area contributed by atoms with Gasteiger partial charge in [-0.25, -0.2) is 4.79 Å². The molecule has 0 unspecified atom stereocenters. The van der Waals surface area contributed by atoms with Gasteiger partial charge >= 0.3 is 11.9 Å². The van der Waals surface area contributed by atoms with E-state index in [0.29, 0.717) is 23.8 Å². The van der Waals surface area contributed by atoms with Crippen molar-refractivity contribution in [3.8, 4) is 5.75 Å². The SMILES string of the molecule is N=C(N)NC[C@H]1CC[C@H](C(=O)Oc2ccc(C(=O)OCc3ccccc3)cc2)CC1. The molecule has 1 saturated carbocycles. The van der Waals surface area contributed by atoms with Gasteiger partial charge in [-0.2, -0.15) is 0 Å². The molecular weight excluding hydrogens is 382 g/mol. The van der Waals surface area contributed by atoms with Gasteiger partial charge in [-0.1, -0.05) is 30.3 Å². The summed E-state index contributed by atoms with van der Waals surface area (Å²) in [6.45, 7) is 0.875. The number of guanidine groups is 1. The molecule has 2 aromatic rings. The highest BCUT2D eigenvalue weighted by Crippen LogP contribution is 2.29. The third kappa shape index (κ3) is 6.34. The number of benzene rings is 2. The van der Waals surface area contributed by atoms with Crippen molar-refractivity contribution in [3.63, 3.8) is 0 Å². The molecule has 0 aliphatic heterocycles. The lowest BCUT2D eigenvalue weighted by Gasteiger charge is -2.27. The van der Waals surface area contributed by atoms with Gasteiger partial charge in [0, 0.05) is 6.54 Å². The van der Waals surface area contributed by atoms with Crippen LogP contribution < -0.4 is 15.8 Å². The molecule has 0 bridgehead atoms. The lowest BCUT2D eigenvalue weighted by Crippen LogP contribution is -2.36. The molecular formula is C23H27N3O4. The molecule has 0 spiro atoms. The van der Waals surface area contributed by atoms with E-state index in [1.54, 1.807) is 24.3 Å². The largest absolute Gasteiger partial charge is 0.457 e. The molecule has 30 heavy (non-hydrogen) atoms. The lowest BCUT2D eigenvalue weighted by atomic mass is 9.82. The third-order valence-electron chi connectivity index (χ3n) is 5.28. The van der Waals surface area contributed by atoms with Crippen molar-refractivity contribution in [1.29, 1.82) is 5.41 Å². The lowest BCUT2D eigenvalue weighted by molar-refractivity contribution is -0.140. The minimum atomic E-state index is -0.422. The van der Waals surface area contributed by atoms with Crippen molar-refractivity contribution < 1.29 is 19.1 Å². The predicted octanol–water partition coefficient (Wildman–Crippen LogP) is 3.24. The Morgan fingerprint density at radius 1 is 1.00 bits per heavy atom. The molecule has 1 aliphatic rings. The molecule has 0 heterocycles. The molecule has 7 nitrogen and oxygen atoms in total. The van der Waals surface area contributed by atoms with E-state index in [9.17, 15) is 9.59 Å². The van der Waals surface area contributed by atoms with Gasteiger partial charge in [0.05, 0.1) is 11.5 Å². The third-order valence-corrected chi connectivity index (χ3v) is 5.28. The summed E-state index contributed by atoms with van der Waals surface area (Å²) >= 11 is 0. The van der Waals surface area contributed by atoms with Crippen LogP contribution in [0, 0.1) is 17.2 Å². The minimum absolute atomic E-state index is 0.0241. The van der Waals surface area contributed by atoms with Gasteiger partial charge in [0.1, 0.15) is 12.4 Å². The van der Waals surface area contributed by atoms with Crippen molar-refractivity contribution >= 4 is 17.9 Å². The number of ether oxygens (including phenoxy) is 2. The van der Waals surface area contributed by atoms with Crippen LogP contribution in [0.5, 0.6) is 5.75 Å². The standard InChI is InChI=1S/C23H27N3O4/c24-23(25)26-14-16-6-8-19(9-7-16)22(28)30-20-12-10-18(11-13-20)21(27)29-15-17-4-2-1-3-5-17/h1-5,10-13,16,19H,6-9,14-15H2,(H4,24,25,26)/t16-,19-. The maximum absolute atomic E-state index is 12.4. The first kappa shape index (κ1) is 21.4. The molecule has 0 atom stereocenters. The van der Waals surface area contributed by atoms with Gasteiger partial charge in [-0.15, -0.1) is 0 Å². The smallest absolute Gasteiger partial charge is 0.338 e. The second-order valence-corrected chi connectivity index (χ2v) is 7.52. The topological polar surface area (TPSA) is 115 Å². The fourth-order valence-corrected chi connectivity index (χ4v) is 3.52. The maximum Gasteiger partial charge on any atom is 0.338 e. The Kier molecular flexibility index (Phi) is 7.43. The summed E-state index contributed by atoms with van der Waals surface area (Å²) in [5.74, 6) is 0.0127. The average molecular weight is 409 g/mol. The Bertz CT molecular complexity index is 860. The molecule has 158 valence electrons. The predicted molar refractivity (Wildman–Crippen MR) is 113 cm³/mol. The van der Waals surface area contributed by atoms with E-state index in [2.05, 4.69) is 5.32 Å². The first-order valence-electron chi connectivity index (χ1n) is 10.1. The van der Waals surface area contributed by atoms with Crippen molar-refractivity contribution in [3.05, 3.63) is 65.7 Å². The second kappa shape index (κ2) is 10.4. The van der Waals surface area contributed by atoms with Crippen molar-refractivity contribution in [1.82, 2.24) is 5.32 Å². The van der Waals surface area contributed by atoms with E-state index in [4.69, 9.17) is 20.6 Å².